The van der Waals surface area contributed by atoms with E-state index in [2.05, 4.69) is 43.2 Å². The molecule has 0 aliphatic heterocycles. The van der Waals surface area contributed by atoms with E-state index in [1.165, 1.54) is 23.8 Å². The quantitative estimate of drug-likeness (QED) is 0.870. The van der Waals surface area contributed by atoms with Crippen LogP contribution in [0, 0.1) is 0 Å². The largest absolute Gasteiger partial charge is 0.458 e. The Morgan fingerprint density at radius 2 is 2.12 bits per heavy atom. The van der Waals surface area contributed by atoms with Gasteiger partial charge in [-0.3, -0.25) is 0 Å². The molecule has 1 N–H and O–H groups in total. The van der Waals surface area contributed by atoms with E-state index in [9.17, 15) is 0 Å². The normalized spacial score (nSPS) is 15.7. The minimum Gasteiger partial charge on any atom is -0.458 e. The second-order valence-electron chi connectivity index (χ2n) is 4.51. The van der Waals surface area contributed by atoms with Crippen molar-refractivity contribution in [3.8, 4) is 0 Å². The van der Waals surface area contributed by atoms with Crippen LogP contribution in [0.2, 0.25) is 0 Å². The number of rotatable bonds is 3. The summed E-state index contributed by atoms with van der Waals surface area (Å²) in [5, 5.41) is 4.43. The van der Waals surface area contributed by atoms with E-state index in [-0.39, 0.29) is 0 Å². The first-order valence-electron chi connectivity index (χ1n) is 5.75. The lowest BCUT2D eigenvalue weighted by Crippen LogP contribution is -2.05. The third-order valence-corrected chi connectivity index (χ3v) is 4.19. The molecule has 0 bridgehead atoms. The van der Waals surface area contributed by atoms with Crippen LogP contribution in [0.4, 0.5) is 0 Å². The molecule has 1 heterocycles. The van der Waals surface area contributed by atoms with Crippen molar-refractivity contribution < 1.29 is 4.42 Å². The van der Waals surface area contributed by atoms with Crippen LogP contribution in [0.15, 0.2) is 25.5 Å². The first-order chi connectivity index (χ1) is 8.20. The maximum Gasteiger partial charge on any atom is 0.148 e. The van der Waals surface area contributed by atoms with Crippen LogP contribution in [0.5, 0.6) is 0 Å². The Morgan fingerprint density at radius 1 is 1.35 bits per heavy atom. The molecular weight excluding hydrogens is 346 g/mol. The summed E-state index contributed by atoms with van der Waals surface area (Å²) in [7, 11) is 1.95. The van der Waals surface area contributed by atoms with Gasteiger partial charge in [0.2, 0.25) is 0 Å². The van der Waals surface area contributed by atoms with E-state index in [1.807, 2.05) is 13.1 Å². The summed E-state index contributed by atoms with van der Waals surface area (Å²) in [5.41, 5.74) is 2.37. The zero-order chi connectivity index (χ0) is 12.0. The lowest BCUT2D eigenvalue weighted by molar-refractivity contribution is 0.523. The summed E-state index contributed by atoms with van der Waals surface area (Å²) < 4.78 is 8.11. The Balaban J connectivity index is 2.26. The van der Waals surface area contributed by atoms with Gasteiger partial charge in [0.05, 0.1) is 11.0 Å². The summed E-state index contributed by atoms with van der Waals surface area (Å²) in [6.45, 7) is 0.796. The molecule has 0 unspecified atom stereocenters. The Kier molecular flexibility index (Phi) is 3.05. The molecule has 0 radical (unpaired) electrons. The molecule has 1 aromatic carbocycles. The van der Waals surface area contributed by atoms with E-state index >= 15 is 0 Å². The summed E-state index contributed by atoms with van der Waals surface area (Å²) in [5.74, 6) is 1.78. The highest BCUT2D eigenvalue weighted by Crippen LogP contribution is 2.47. The Labute approximate surface area is 117 Å². The van der Waals surface area contributed by atoms with Gasteiger partial charge in [0.1, 0.15) is 11.3 Å². The monoisotopic (exact) mass is 357 g/mol. The van der Waals surface area contributed by atoms with Gasteiger partial charge in [-0.15, -0.1) is 0 Å². The molecule has 0 atom stereocenters. The number of hydrogen-bond donors (Lipinski definition) is 1. The summed E-state index contributed by atoms with van der Waals surface area (Å²) in [4.78, 5) is 0. The molecule has 4 heteroatoms. The zero-order valence-electron chi connectivity index (χ0n) is 9.52. The van der Waals surface area contributed by atoms with Crippen LogP contribution >= 0.6 is 31.9 Å². The van der Waals surface area contributed by atoms with Crippen LogP contribution in [0.3, 0.4) is 0 Å². The SMILES string of the molecule is CNCc1oc2c(Br)cc(Br)cc2c1C1CC1. The molecule has 1 aliphatic carbocycles. The highest BCUT2D eigenvalue weighted by molar-refractivity contribution is 9.11. The van der Waals surface area contributed by atoms with Gasteiger partial charge in [0.25, 0.3) is 0 Å². The molecule has 17 heavy (non-hydrogen) atoms. The van der Waals surface area contributed by atoms with Crippen molar-refractivity contribution in [2.45, 2.75) is 25.3 Å². The van der Waals surface area contributed by atoms with E-state index in [4.69, 9.17) is 4.42 Å². The molecule has 0 amide bonds. The van der Waals surface area contributed by atoms with Crippen molar-refractivity contribution in [1.82, 2.24) is 5.32 Å². The molecule has 0 spiro atoms. The van der Waals surface area contributed by atoms with Crippen molar-refractivity contribution in [3.63, 3.8) is 0 Å². The molecule has 1 aliphatic rings. The molecule has 2 aromatic rings. The molecule has 1 fully saturated rings. The van der Waals surface area contributed by atoms with Crippen molar-refractivity contribution in [2.24, 2.45) is 0 Å². The molecule has 0 saturated heterocycles. The predicted octanol–water partition coefficient (Wildman–Crippen LogP) is 4.55. The minimum atomic E-state index is 0.695. The fourth-order valence-electron chi connectivity index (χ4n) is 2.30. The Hall–Kier alpha value is -0.320. The average molecular weight is 359 g/mol. The van der Waals surface area contributed by atoms with Crippen molar-refractivity contribution in [1.29, 1.82) is 0 Å². The third-order valence-electron chi connectivity index (χ3n) is 3.15. The van der Waals surface area contributed by atoms with Gasteiger partial charge >= 0.3 is 0 Å². The van der Waals surface area contributed by atoms with E-state index in [0.29, 0.717) is 5.92 Å². The molecule has 1 aromatic heterocycles. The van der Waals surface area contributed by atoms with Gasteiger partial charge in [0.15, 0.2) is 0 Å². The van der Waals surface area contributed by atoms with Crippen molar-refractivity contribution >= 4 is 42.8 Å². The third kappa shape index (κ3) is 2.07. The van der Waals surface area contributed by atoms with Gasteiger partial charge in [-0.25, -0.2) is 0 Å². The van der Waals surface area contributed by atoms with E-state index < -0.39 is 0 Å². The fourth-order valence-corrected chi connectivity index (χ4v) is 3.61. The molecule has 3 rings (SSSR count). The van der Waals surface area contributed by atoms with Crippen LogP contribution in [-0.2, 0) is 6.54 Å². The van der Waals surface area contributed by atoms with Crippen LogP contribution in [-0.4, -0.2) is 7.05 Å². The number of halogens is 2. The number of benzene rings is 1. The van der Waals surface area contributed by atoms with Gasteiger partial charge in [-0.05, 0) is 53.9 Å². The van der Waals surface area contributed by atoms with E-state index in [1.54, 1.807) is 0 Å². The summed E-state index contributed by atoms with van der Waals surface area (Å²) in [6, 6.07) is 4.20. The number of furan rings is 1. The van der Waals surface area contributed by atoms with Crippen LogP contribution in [0.1, 0.15) is 30.1 Å². The molecule has 1 saturated carbocycles. The topological polar surface area (TPSA) is 25.2 Å². The molecular formula is C13H13Br2NO. The van der Waals surface area contributed by atoms with Gasteiger partial charge in [-0.1, -0.05) is 15.9 Å². The van der Waals surface area contributed by atoms with Crippen LogP contribution in [0.25, 0.3) is 11.0 Å². The average Bonchev–Trinajstić information content (AvgIpc) is 3.03. The van der Waals surface area contributed by atoms with Gasteiger partial charge < -0.3 is 9.73 Å². The summed E-state index contributed by atoms with van der Waals surface area (Å²) >= 11 is 7.12. The summed E-state index contributed by atoms with van der Waals surface area (Å²) in [6.07, 6.45) is 2.57. The first-order valence-corrected chi connectivity index (χ1v) is 7.34. The first kappa shape index (κ1) is 11.8. The van der Waals surface area contributed by atoms with Crippen molar-refractivity contribution in [3.05, 3.63) is 32.4 Å². The van der Waals surface area contributed by atoms with Gasteiger partial charge in [0, 0.05) is 15.4 Å². The lowest BCUT2D eigenvalue weighted by Gasteiger charge is -2.00. The fraction of sp³-hybridized carbons (Fsp3) is 0.385. The standard InChI is InChI=1S/C13H13Br2NO/c1-16-6-11-12(7-2-3-7)9-4-8(14)5-10(15)13(9)17-11/h4-5,7,16H,2-3,6H2,1H3. The smallest absolute Gasteiger partial charge is 0.148 e. The predicted molar refractivity (Wildman–Crippen MR) is 76.4 cm³/mol. The Bertz CT molecular complexity index is 572. The van der Waals surface area contributed by atoms with Gasteiger partial charge in [-0.2, -0.15) is 0 Å². The highest BCUT2D eigenvalue weighted by atomic mass is 79.9. The number of fused-ring (bicyclic) bond motifs is 1. The minimum absolute atomic E-state index is 0.695. The molecule has 90 valence electrons. The molecule has 2 nitrogen and oxygen atoms in total. The lowest BCUT2D eigenvalue weighted by atomic mass is 10.1. The van der Waals surface area contributed by atoms with Crippen molar-refractivity contribution in [2.75, 3.05) is 7.05 Å². The van der Waals surface area contributed by atoms with E-state index in [0.717, 1.165) is 26.8 Å². The van der Waals surface area contributed by atoms with Crippen LogP contribution < -0.4 is 5.32 Å². The number of nitrogens with one attached hydrogen (secondary N) is 1. The maximum atomic E-state index is 6.00. The second kappa shape index (κ2) is 4.41. The second-order valence-corrected chi connectivity index (χ2v) is 6.28. The zero-order valence-corrected chi connectivity index (χ0v) is 12.7. The Morgan fingerprint density at radius 3 is 2.76 bits per heavy atom. The maximum absolute atomic E-state index is 6.00. The highest BCUT2D eigenvalue weighted by Gasteiger charge is 2.31. The number of hydrogen-bond acceptors (Lipinski definition) is 2.